The molecule has 0 spiro atoms. The Balaban J connectivity index is 1.37. The monoisotopic (exact) mass is 675 g/mol. The van der Waals surface area contributed by atoms with E-state index < -0.39 is 35.0 Å². The fourth-order valence-corrected chi connectivity index (χ4v) is 10.1. The number of ketones is 2. The minimum atomic E-state index is -1.38. The average molecular weight is 676 g/mol. The van der Waals surface area contributed by atoms with E-state index in [0.717, 1.165) is 37.7 Å². The van der Waals surface area contributed by atoms with Gasteiger partial charge in [0.15, 0.2) is 23.1 Å². The number of aromatic hydroxyl groups is 1. The van der Waals surface area contributed by atoms with E-state index in [-0.39, 0.29) is 52.4 Å². The summed E-state index contributed by atoms with van der Waals surface area (Å²) in [5.41, 5.74) is 1.77. The zero-order valence-corrected chi connectivity index (χ0v) is 28.1. The highest BCUT2D eigenvalue weighted by atomic mass is 35.5. The highest BCUT2D eigenvalue weighted by Crippen LogP contribution is 2.64. The maximum atomic E-state index is 15.1. The van der Waals surface area contributed by atoms with Crippen molar-refractivity contribution in [1.29, 1.82) is 0 Å². The number of allylic oxidation sites excluding steroid dienone is 4. The van der Waals surface area contributed by atoms with Crippen LogP contribution in [-0.4, -0.2) is 46.5 Å². The molecule has 0 aromatic heterocycles. The first-order chi connectivity index (χ1) is 23.8. The number of phenolic OH excluding ortho intramolecular Hbond substituents is 1. The zero-order valence-electron chi connectivity index (χ0n) is 27.3. The number of amides is 2. The van der Waals surface area contributed by atoms with Crippen molar-refractivity contribution in [3.05, 3.63) is 112 Å². The molecular formula is C41H38ClNO6. The molecule has 1 heterocycles. The largest absolute Gasteiger partial charge is 0.503 e. The van der Waals surface area contributed by atoms with Crippen molar-refractivity contribution in [3.63, 3.8) is 0 Å². The van der Waals surface area contributed by atoms with Gasteiger partial charge in [0, 0.05) is 23.5 Å². The van der Waals surface area contributed by atoms with Crippen molar-refractivity contribution >= 4 is 40.6 Å². The quantitative estimate of drug-likeness (QED) is 0.227. The third-order valence-corrected chi connectivity index (χ3v) is 12.2. The Morgan fingerprint density at radius 2 is 1.57 bits per heavy atom. The third kappa shape index (κ3) is 4.68. The molecule has 0 bridgehead atoms. The van der Waals surface area contributed by atoms with Crippen molar-refractivity contribution in [2.24, 2.45) is 23.7 Å². The van der Waals surface area contributed by atoms with E-state index in [1.54, 1.807) is 17.0 Å². The number of halogens is 1. The van der Waals surface area contributed by atoms with E-state index in [0.29, 0.717) is 28.7 Å². The molecule has 3 aromatic rings. The number of carbonyl (C=O) groups is 4. The molecule has 5 aliphatic rings. The van der Waals surface area contributed by atoms with Gasteiger partial charge in [0.25, 0.3) is 0 Å². The summed E-state index contributed by atoms with van der Waals surface area (Å²) >= 11 is 6.64. The summed E-state index contributed by atoms with van der Waals surface area (Å²) in [4.78, 5) is 60.3. The number of phenols is 1. The van der Waals surface area contributed by atoms with Gasteiger partial charge < -0.3 is 9.84 Å². The number of nitrogens with zero attached hydrogens (tertiary/aromatic N) is 1. The molecule has 3 fully saturated rings. The molecule has 1 aliphatic heterocycles. The van der Waals surface area contributed by atoms with Gasteiger partial charge in [-0.1, -0.05) is 103 Å². The number of fused-ring (bicyclic) bond motifs is 4. The number of likely N-dealkylation sites (tertiary alicyclic amines) is 1. The van der Waals surface area contributed by atoms with Crippen molar-refractivity contribution in [1.82, 2.24) is 4.90 Å². The Bertz CT molecular complexity index is 1930. The van der Waals surface area contributed by atoms with Crippen LogP contribution in [0.3, 0.4) is 0 Å². The number of methoxy groups -OCH3 is 1. The van der Waals surface area contributed by atoms with Crippen LogP contribution in [0.5, 0.6) is 11.5 Å². The Labute approximate surface area is 290 Å². The van der Waals surface area contributed by atoms with Crippen molar-refractivity contribution in [3.8, 4) is 11.5 Å². The van der Waals surface area contributed by atoms with Crippen LogP contribution < -0.4 is 4.74 Å². The maximum Gasteiger partial charge on any atom is 0.233 e. The van der Waals surface area contributed by atoms with Gasteiger partial charge in [0.05, 0.1) is 29.4 Å². The first-order valence-corrected chi connectivity index (χ1v) is 17.7. The number of ether oxygens (including phenoxy) is 1. The smallest absolute Gasteiger partial charge is 0.233 e. The van der Waals surface area contributed by atoms with E-state index >= 15 is 9.59 Å². The summed E-state index contributed by atoms with van der Waals surface area (Å²) in [5, 5.41) is 10.8. The molecule has 2 saturated carbocycles. The SMILES string of the molecule is COc1cc(C2C3=CCC4C(=O)N(C5CCCCC5)C(=O)C4C3CC3C(=O)C(c4ccccc4)=CC(=O)C32c2ccccc2)cc(Cl)c1O. The molecule has 8 heteroatoms. The van der Waals surface area contributed by atoms with Crippen LogP contribution >= 0.6 is 11.6 Å². The second-order valence-electron chi connectivity index (χ2n) is 14.2. The van der Waals surface area contributed by atoms with Crippen molar-refractivity contribution < 1.29 is 29.0 Å². The minimum absolute atomic E-state index is 0.0521. The minimum Gasteiger partial charge on any atom is -0.503 e. The van der Waals surface area contributed by atoms with Gasteiger partial charge in [0.2, 0.25) is 11.8 Å². The molecule has 1 N–H and O–H groups in total. The molecule has 2 amide bonds. The molecular weight excluding hydrogens is 638 g/mol. The number of Topliss-reactive ketones (excluding diaryl/α,β-unsaturated/α-hetero) is 1. The van der Waals surface area contributed by atoms with E-state index in [2.05, 4.69) is 0 Å². The lowest BCUT2D eigenvalue weighted by atomic mass is 9.44. The predicted molar refractivity (Wildman–Crippen MR) is 185 cm³/mol. The van der Waals surface area contributed by atoms with Crippen LogP contribution in [0.25, 0.3) is 5.57 Å². The van der Waals surface area contributed by atoms with Gasteiger partial charge in [-0.2, -0.15) is 0 Å². The van der Waals surface area contributed by atoms with Gasteiger partial charge in [-0.3, -0.25) is 24.1 Å². The summed E-state index contributed by atoms with van der Waals surface area (Å²) < 4.78 is 5.55. The molecule has 6 atom stereocenters. The molecule has 1 saturated heterocycles. The summed E-state index contributed by atoms with van der Waals surface area (Å²) in [7, 11) is 1.44. The molecule has 250 valence electrons. The second-order valence-corrected chi connectivity index (χ2v) is 14.6. The Morgan fingerprint density at radius 3 is 2.27 bits per heavy atom. The average Bonchev–Trinajstić information content (AvgIpc) is 3.40. The second kappa shape index (κ2) is 12.1. The van der Waals surface area contributed by atoms with E-state index in [9.17, 15) is 14.7 Å². The number of hydrogen-bond acceptors (Lipinski definition) is 6. The van der Waals surface area contributed by atoms with Crippen molar-refractivity contribution in [2.75, 3.05) is 7.11 Å². The van der Waals surface area contributed by atoms with Gasteiger partial charge in [0.1, 0.15) is 0 Å². The predicted octanol–water partition coefficient (Wildman–Crippen LogP) is 7.21. The van der Waals surface area contributed by atoms with Crippen LogP contribution in [-0.2, 0) is 24.6 Å². The van der Waals surface area contributed by atoms with Gasteiger partial charge in [-0.25, -0.2) is 0 Å². The molecule has 49 heavy (non-hydrogen) atoms. The van der Waals surface area contributed by atoms with E-state index in [4.69, 9.17) is 16.3 Å². The van der Waals surface area contributed by atoms with Crippen molar-refractivity contribution in [2.45, 2.75) is 62.3 Å². The molecule has 8 rings (SSSR count). The number of benzene rings is 3. The van der Waals surface area contributed by atoms with Gasteiger partial charge >= 0.3 is 0 Å². The van der Waals surface area contributed by atoms with Gasteiger partial charge in [-0.05, 0) is 66.5 Å². The fraction of sp³-hybridized carbons (Fsp3) is 0.366. The normalized spacial score (nSPS) is 29.9. The topological polar surface area (TPSA) is 101 Å². The highest BCUT2D eigenvalue weighted by Gasteiger charge is 2.66. The van der Waals surface area contributed by atoms with Crippen LogP contribution in [0, 0.1) is 23.7 Å². The third-order valence-electron chi connectivity index (χ3n) is 12.0. The zero-order chi connectivity index (χ0) is 34.0. The lowest BCUT2D eigenvalue weighted by molar-refractivity contribution is -0.144. The van der Waals surface area contributed by atoms with Crippen LogP contribution in [0.2, 0.25) is 5.02 Å². The summed E-state index contributed by atoms with van der Waals surface area (Å²) in [6.07, 6.45) is 8.86. The molecule has 7 nitrogen and oxygen atoms in total. The van der Waals surface area contributed by atoms with Crippen LogP contribution in [0.4, 0.5) is 0 Å². The molecule has 4 aliphatic carbocycles. The van der Waals surface area contributed by atoms with Crippen LogP contribution in [0.15, 0.2) is 90.5 Å². The Morgan fingerprint density at radius 1 is 0.878 bits per heavy atom. The Kier molecular flexibility index (Phi) is 7.86. The number of imide groups is 1. The lowest BCUT2D eigenvalue weighted by Crippen LogP contribution is -2.58. The summed E-state index contributed by atoms with van der Waals surface area (Å²) in [6.45, 7) is 0. The first-order valence-electron chi connectivity index (χ1n) is 17.3. The van der Waals surface area contributed by atoms with E-state index in [1.165, 1.54) is 13.2 Å². The van der Waals surface area contributed by atoms with Gasteiger partial charge in [-0.15, -0.1) is 0 Å². The first kappa shape index (κ1) is 31.8. The van der Waals surface area contributed by atoms with Crippen LogP contribution in [0.1, 0.15) is 67.6 Å². The van der Waals surface area contributed by atoms with E-state index in [1.807, 2.05) is 66.7 Å². The molecule has 6 unspecified atom stereocenters. The number of rotatable bonds is 5. The summed E-state index contributed by atoms with van der Waals surface area (Å²) in [6, 6.07) is 21.9. The highest BCUT2D eigenvalue weighted by molar-refractivity contribution is 6.33. The number of carbonyl (C=O) groups excluding carboxylic acids is 4. The summed E-state index contributed by atoms with van der Waals surface area (Å²) in [5.74, 6) is -3.91. The fourth-order valence-electron chi connectivity index (χ4n) is 9.89. The lowest BCUT2D eigenvalue weighted by Gasteiger charge is -2.55. The standard InChI is InChI=1S/C41H38ClNO6/c1-49-33-20-24(19-32(42)38(33)46)36-27-17-18-28-35(40(48)43(39(28)47)26-15-9-4-10-16-26)30(27)21-31-37(45)29(23-11-5-2-6-12-23)22-34(44)41(31,36)25-13-7-3-8-14-25/h2-3,5-8,11-14,17,19-20,22,26,28,30-31,35-36,46H,4,9-10,15-16,18,21H2,1H3. The molecule has 3 aromatic carbocycles. The molecule has 0 radical (unpaired) electrons. The maximum absolute atomic E-state index is 15.1. The Hall–Kier alpha value is -4.49. The number of hydrogen-bond donors (Lipinski definition) is 1.